The van der Waals surface area contributed by atoms with E-state index in [1.165, 1.54) is 12.8 Å². The molecule has 1 unspecified atom stereocenters. The molecule has 0 amide bonds. The van der Waals surface area contributed by atoms with Crippen molar-refractivity contribution in [2.24, 2.45) is 5.92 Å². The molecule has 0 radical (unpaired) electrons. The zero-order valence-electron chi connectivity index (χ0n) is 11.9. The molecule has 4 heteroatoms. The predicted molar refractivity (Wildman–Crippen MR) is 79.6 cm³/mol. The monoisotopic (exact) mass is 264 g/mol. The molecule has 4 nitrogen and oxygen atoms in total. The lowest BCUT2D eigenvalue weighted by Gasteiger charge is -2.16. The third kappa shape index (κ3) is 5.20. The summed E-state index contributed by atoms with van der Waals surface area (Å²) < 4.78 is 0. The highest BCUT2D eigenvalue weighted by Crippen LogP contribution is 2.20. The topological polar surface area (TPSA) is 75.3 Å². The van der Waals surface area contributed by atoms with E-state index >= 15 is 0 Å². The molecule has 1 aromatic rings. The Bertz CT molecular complexity index is 430. The highest BCUT2D eigenvalue weighted by molar-refractivity contribution is 5.94. The molecule has 0 aliphatic heterocycles. The van der Waals surface area contributed by atoms with Crippen molar-refractivity contribution in [3.63, 3.8) is 0 Å². The lowest BCUT2D eigenvalue weighted by molar-refractivity contribution is 0.0698. The first-order valence-corrected chi connectivity index (χ1v) is 6.79. The van der Waals surface area contributed by atoms with Crippen LogP contribution in [0.3, 0.4) is 0 Å². The standard InChI is InChI=1S/C15H24N2O2/c1-10(2)5-4-6-11(3)17-12-7-8-13(15(18)19)14(16)9-12/h7-11,17H,4-6,16H2,1-3H3,(H,18,19). The van der Waals surface area contributed by atoms with Crippen molar-refractivity contribution in [2.75, 3.05) is 11.1 Å². The van der Waals surface area contributed by atoms with Crippen LogP contribution in [0.5, 0.6) is 0 Å². The van der Waals surface area contributed by atoms with Crippen LogP contribution in [0.25, 0.3) is 0 Å². The first kappa shape index (κ1) is 15.3. The Morgan fingerprint density at radius 1 is 1.32 bits per heavy atom. The van der Waals surface area contributed by atoms with Crippen molar-refractivity contribution in [3.8, 4) is 0 Å². The molecule has 106 valence electrons. The van der Waals surface area contributed by atoms with Gasteiger partial charge in [-0.3, -0.25) is 0 Å². The fourth-order valence-electron chi connectivity index (χ4n) is 2.04. The number of carboxylic acids is 1. The van der Waals surface area contributed by atoms with Gasteiger partial charge in [-0.05, 0) is 37.5 Å². The Hall–Kier alpha value is -1.71. The summed E-state index contributed by atoms with van der Waals surface area (Å²) in [6.07, 6.45) is 3.51. The number of nitrogens with one attached hydrogen (secondary N) is 1. The van der Waals surface area contributed by atoms with Crippen molar-refractivity contribution in [2.45, 2.75) is 46.1 Å². The van der Waals surface area contributed by atoms with E-state index in [9.17, 15) is 4.79 Å². The average Bonchev–Trinajstić information content (AvgIpc) is 2.27. The zero-order valence-corrected chi connectivity index (χ0v) is 11.9. The number of anilines is 2. The second kappa shape index (κ2) is 7.02. The Kier molecular flexibility index (Phi) is 5.67. The summed E-state index contributed by atoms with van der Waals surface area (Å²) in [4.78, 5) is 10.9. The molecule has 19 heavy (non-hydrogen) atoms. The number of hydrogen-bond acceptors (Lipinski definition) is 3. The number of nitrogens with two attached hydrogens (primary N) is 1. The van der Waals surface area contributed by atoms with Crippen LogP contribution in [-0.2, 0) is 0 Å². The second-order valence-corrected chi connectivity index (χ2v) is 5.48. The number of benzene rings is 1. The minimum absolute atomic E-state index is 0.151. The first-order valence-electron chi connectivity index (χ1n) is 6.79. The Morgan fingerprint density at radius 3 is 2.53 bits per heavy atom. The molecule has 4 N–H and O–H groups in total. The Labute approximate surface area is 115 Å². The maximum Gasteiger partial charge on any atom is 0.337 e. The summed E-state index contributed by atoms with van der Waals surface area (Å²) in [5, 5.41) is 12.3. The maximum absolute atomic E-state index is 10.9. The van der Waals surface area contributed by atoms with Gasteiger partial charge in [0.1, 0.15) is 0 Å². The minimum atomic E-state index is -0.992. The van der Waals surface area contributed by atoms with E-state index in [0.717, 1.165) is 18.0 Å². The van der Waals surface area contributed by atoms with Crippen molar-refractivity contribution >= 4 is 17.3 Å². The highest BCUT2D eigenvalue weighted by atomic mass is 16.4. The summed E-state index contributed by atoms with van der Waals surface area (Å²) in [6.45, 7) is 6.58. The van der Waals surface area contributed by atoms with Gasteiger partial charge >= 0.3 is 5.97 Å². The Balaban J connectivity index is 2.53. The van der Waals surface area contributed by atoms with Gasteiger partial charge in [-0.2, -0.15) is 0 Å². The van der Waals surface area contributed by atoms with E-state index in [0.29, 0.717) is 11.7 Å². The van der Waals surface area contributed by atoms with Gasteiger partial charge in [0.05, 0.1) is 5.56 Å². The van der Waals surface area contributed by atoms with E-state index in [1.54, 1.807) is 18.2 Å². The number of hydrogen-bond donors (Lipinski definition) is 3. The molecule has 1 aromatic carbocycles. The average molecular weight is 264 g/mol. The molecule has 0 saturated heterocycles. The largest absolute Gasteiger partial charge is 0.478 e. The van der Waals surface area contributed by atoms with Crippen molar-refractivity contribution < 1.29 is 9.90 Å². The van der Waals surface area contributed by atoms with E-state index < -0.39 is 5.97 Å². The van der Waals surface area contributed by atoms with E-state index in [4.69, 9.17) is 10.8 Å². The SMILES string of the molecule is CC(C)CCCC(C)Nc1ccc(C(=O)O)c(N)c1. The van der Waals surface area contributed by atoms with E-state index in [1.807, 2.05) is 0 Å². The van der Waals surface area contributed by atoms with Gasteiger partial charge in [-0.25, -0.2) is 4.79 Å². The van der Waals surface area contributed by atoms with Crippen molar-refractivity contribution in [3.05, 3.63) is 23.8 Å². The third-order valence-corrected chi connectivity index (χ3v) is 3.11. The number of carbonyl (C=O) groups is 1. The van der Waals surface area contributed by atoms with Gasteiger partial charge in [-0.15, -0.1) is 0 Å². The predicted octanol–water partition coefficient (Wildman–Crippen LogP) is 3.59. The number of rotatable bonds is 7. The molecular weight excluding hydrogens is 240 g/mol. The molecular formula is C15H24N2O2. The summed E-state index contributed by atoms with van der Waals surface area (Å²) in [6, 6.07) is 5.34. The molecule has 1 atom stereocenters. The van der Waals surface area contributed by atoms with Crippen LogP contribution in [0.1, 0.15) is 50.4 Å². The van der Waals surface area contributed by atoms with Crippen molar-refractivity contribution in [1.29, 1.82) is 0 Å². The van der Waals surface area contributed by atoms with Crippen LogP contribution >= 0.6 is 0 Å². The van der Waals surface area contributed by atoms with E-state index in [-0.39, 0.29) is 5.56 Å². The molecule has 0 bridgehead atoms. The van der Waals surface area contributed by atoms with Crippen LogP contribution in [0.2, 0.25) is 0 Å². The smallest absolute Gasteiger partial charge is 0.337 e. The molecule has 0 aromatic heterocycles. The molecule has 0 heterocycles. The zero-order chi connectivity index (χ0) is 14.4. The number of aromatic carboxylic acids is 1. The molecule has 0 fully saturated rings. The van der Waals surface area contributed by atoms with Crippen LogP contribution in [0.15, 0.2) is 18.2 Å². The lowest BCUT2D eigenvalue weighted by atomic mass is 10.0. The molecule has 0 saturated carbocycles. The lowest BCUT2D eigenvalue weighted by Crippen LogP contribution is -2.15. The summed E-state index contributed by atoms with van der Waals surface area (Å²) in [5.41, 5.74) is 7.04. The van der Waals surface area contributed by atoms with Crippen LogP contribution in [-0.4, -0.2) is 17.1 Å². The fourth-order valence-corrected chi connectivity index (χ4v) is 2.04. The molecule has 0 aliphatic carbocycles. The number of nitrogen functional groups attached to an aromatic ring is 1. The van der Waals surface area contributed by atoms with Gasteiger partial charge in [0.15, 0.2) is 0 Å². The van der Waals surface area contributed by atoms with Crippen LogP contribution < -0.4 is 11.1 Å². The molecule has 1 rings (SSSR count). The molecule has 0 aliphatic rings. The van der Waals surface area contributed by atoms with Crippen LogP contribution in [0, 0.1) is 5.92 Å². The summed E-state index contributed by atoms with van der Waals surface area (Å²) >= 11 is 0. The van der Waals surface area contributed by atoms with Gasteiger partial charge in [-0.1, -0.05) is 26.7 Å². The Morgan fingerprint density at radius 2 is 2.00 bits per heavy atom. The first-order chi connectivity index (χ1) is 8.90. The summed E-state index contributed by atoms with van der Waals surface area (Å²) in [5.74, 6) is -0.258. The normalized spacial score (nSPS) is 12.4. The molecule has 0 spiro atoms. The highest BCUT2D eigenvalue weighted by Gasteiger charge is 2.09. The van der Waals surface area contributed by atoms with Crippen LogP contribution in [0.4, 0.5) is 11.4 Å². The van der Waals surface area contributed by atoms with Gasteiger partial charge in [0.25, 0.3) is 0 Å². The maximum atomic E-state index is 10.9. The van der Waals surface area contributed by atoms with Gasteiger partial charge in [0.2, 0.25) is 0 Å². The van der Waals surface area contributed by atoms with E-state index in [2.05, 4.69) is 26.1 Å². The minimum Gasteiger partial charge on any atom is -0.478 e. The second-order valence-electron chi connectivity index (χ2n) is 5.48. The summed E-state index contributed by atoms with van der Waals surface area (Å²) in [7, 11) is 0. The quantitative estimate of drug-likeness (QED) is 0.658. The van der Waals surface area contributed by atoms with Gasteiger partial charge < -0.3 is 16.2 Å². The van der Waals surface area contributed by atoms with Crippen molar-refractivity contribution in [1.82, 2.24) is 0 Å². The number of carboxylic acid groups (broad SMARTS) is 1. The third-order valence-electron chi connectivity index (χ3n) is 3.11. The van der Waals surface area contributed by atoms with Gasteiger partial charge in [0, 0.05) is 17.4 Å². The fraction of sp³-hybridized carbons (Fsp3) is 0.533.